The average Bonchev–Trinajstić information content (AvgIpc) is 2.77. The molecule has 2 aromatic carbocycles. The summed E-state index contributed by atoms with van der Waals surface area (Å²) in [5.74, 6) is 2.80. The third-order valence-corrected chi connectivity index (χ3v) is 4.26. The van der Waals surface area contributed by atoms with Crippen LogP contribution in [0.1, 0.15) is 0 Å². The minimum absolute atomic E-state index is 0.600. The van der Waals surface area contributed by atoms with E-state index in [0.29, 0.717) is 30.4 Å². The lowest BCUT2D eigenvalue weighted by Gasteiger charge is -2.17. The highest BCUT2D eigenvalue weighted by Gasteiger charge is 2.12. The van der Waals surface area contributed by atoms with Gasteiger partial charge in [-0.3, -0.25) is 0 Å². The molecule has 0 aliphatic heterocycles. The van der Waals surface area contributed by atoms with E-state index in [-0.39, 0.29) is 0 Å². The van der Waals surface area contributed by atoms with E-state index < -0.39 is 10.2 Å². The third-order valence-electron chi connectivity index (χ3n) is 4.26. The molecule has 0 saturated heterocycles. The van der Waals surface area contributed by atoms with Crippen molar-refractivity contribution < 1.29 is 57.2 Å². The molecule has 0 unspecified atom stereocenters. The van der Waals surface area contributed by atoms with Gasteiger partial charge in [0.15, 0.2) is 18.0 Å². The molecule has 3 aromatic rings. The van der Waals surface area contributed by atoms with Gasteiger partial charge in [0.25, 0.3) is 0 Å². The van der Waals surface area contributed by atoms with Crippen molar-refractivity contribution in [1.82, 2.24) is 0 Å². The van der Waals surface area contributed by atoms with Gasteiger partial charge in [0.2, 0.25) is 5.36 Å². The van der Waals surface area contributed by atoms with E-state index in [0.717, 1.165) is 27.6 Å². The standard InChI is InChI=1S/C21H23NO5.ClHO4/c1-23-10-9-22-17-13-20(14-5-7-19(25-3)21(11-14)26-4)27-18-8-6-15(24-2)12-16(17)18;2-1(3,4)5/h5-8,11-13H,9-10H2,1-4H3;(H,2,3,4,5). The van der Waals surface area contributed by atoms with E-state index in [1.165, 1.54) is 0 Å². The molecular weight excluding hydrogens is 446 g/mol. The summed E-state index contributed by atoms with van der Waals surface area (Å²) < 4.78 is 61.3. The van der Waals surface area contributed by atoms with Gasteiger partial charge in [0.1, 0.15) is 23.7 Å². The molecule has 1 N–H and O–H groups in total. The van der Waals surface area contributed by atoms with Crippen molar-refractivity contribution in [2.45, 2.75) is 0 Å². The zero-order valence-corrected chi connectivity index (χ0v) is 18.8. The van der Waals surface area contributed by atoms with Crippen LogP contribution in [-0.2, 0) is 4.74 Å². The summed E-state index contributed by atoms with van der Waals surface area (Å²) in [6, 6.07) is 13.4. The molecule has 0 bridgehead atoms. The molecule has 0 aliphatic carbocycles. The van der Waals surface area contributed by atoms with Gasteiger partial charge in [0.05, 0.1) is 32.8 Å². The van der Waals surface area contributed by atoms with Crippen molar-refractivity contribution >= 4 is 11.0 Å². The van der Waals surface area contributed by atoms with Crippen molar-refractivity contribution in [3.63, 3.8) is 0 Å². The summed E-state index contributed by atoms with van der Waals surface area (Å²) in [6.07, 6.45) is 0. The fraction of sp³-hybridized carbons (Fsp3) is 0.286. The number of hydrogen-bond donors (Lipinski definition) is 1. The first-order chi connectivity index (χ1) is 15.2. The molecule has 0 aliphatic rings. The van der Waals surface area contributed by atoms with Crippen molar-refractivity contribution in [1.29, 1.82) is 0 Å². The smallest absolute Gasteiger partial charge is 0.213 e. The summed E-state index contributed by atoms with van der Waals surface area (Å²) in [5.41, 5.74) is 1.64. The summed E-state index contributed by atoms with van der Waals surface area (Å²) in [4.78, 5) is 3.40. The topological polar surface area (TPSA) is 156 Å². The lowest BCUT2D eigenvalue weighted by atomic mass is 10.1. The number of nitrogens with one attached hydrogen (secondary N) is 1. The Morgan fingerprint density at radius 3 is 2.12 bits per heavy atom. The number of methoxy groups -OCH3 is 4. The van der Waals surface area contributed by atoms with Crippen LogP contribution < -0.4 is 43.2 Å². The van der Waals surface area contributed by atoms with Crippen molar-refractivity contribution in [2.75, 3.05) is 41.6 Å². The lowest BCUT2D eigenvalue weighted by molar-refractivity contribution is -2.00. The normalized spacial score (nSPS) is 11.7. The molecule has 11 heteroatoms. The Kier molecular flexibility index (Phi) is 9.27. The van der Waals surface area contributed by atoms with Crippen LogP contribution in [0.5, 0.6) is 17.2 Å². The fourth-order valence-corrected chi connectivity index (χ4v) is 2.86. The monoisotopic (exact) mass is 469 g/mol. The molecule has 1 aromatic heterocycles. The maximum absolute atomic E-state index is 8.49. The zero-order valence-electron chi connectivity index (χ0n) is 18.0. The summed E-state index contributed by atoms with van der Waals surface area (Å²) in [5, 5.41) is 1.88. The Bertz CT molecular complexity index is 1090. The quantitative estimate of drug-likeness (QED) is 0.356. The van der Waals surface area contributed by atoms with E-state index in [4.69, 9.17) is 42.0 Å². The Hall–Kier alpha value is -2.86. The maximum atomic E-state index is 8.49. The van der Waals surface area contributed by atoms with Gasteiger partial charge in [-0.25, -0.2) is 23.6 Å². The molecule has 32 heavy (non-hydrogen) atoms. The van der Waals surface area contributed by atoms with Crippen LogP contribution in [-0.4, -0.2) is 41.6 Å². The van der Waals surface area contributed by atoms with E-state index in [1.54, 1.807) is 28.4 Å². The molecule has 0 amide bonds. The molecular formula is C21H24ClNO9. The van der Waals surface area contributed by atoms with Crippen LogP contribution in [0.25, 0.3) is 22.3 Å². The SMILES string of the molecule is COCC[NH+]=c1cc(-c2ccc(OC)c(OC)c2)oc2ccc(OC)cc12.[O-][Cl+3]([O-])([O-])[O-]. The molecule has 10 nitrogen and oxygen atoms in total. The van der Waals surface area contributed by atoms with Crippen molar-refractivity contribution in [3.05, 3.63) is 47.8 Å². The highest BCUT2D eigenvalue weighted by atomic mass is 35.7. The van der Waals surface area contributed by atoms with E-state index in [1.807, 2.05) is 42.5 Å². The second-order valence-electron chi connectivity index (χ2n) is 6.25. The highest BCUT2D eigenvalue weighted by Crippen LogP contribution is 2.32. The van der Waals surface area contributed by atoms with Gasteiger partial charge in [-0.2, -0.15) is 0 Å². The highest BCUT2D eigenvalue weighted by molar-refractivity contribution is 5.79. The summed E-state index contributed by atoms with van der Waals surface area (Å²) in [7, 11) is 1.61. The number of fused-ring (bicyclic) bond motifs is 1. The Morgan fingerprint density at radius 2 is 1.53 bits per heavy atom. The van der Waals surface area contributed by atoms with E-state index >= 15 is 0 Å². The first kappa shape index (κ1) is 25.4. The third kappa shape index (κ3) is 7.38. The predicted octanol–water partition coefficient (Wildman–Crippen LogP) is -3.00. The van der Waals surface area contributed by atoms with Crippen molar-refractivity contribution in [2.24, 2.45) is 0 Å². The Labute approximate surface area is 186 Å². The molecule has 0 saturated carbocycles. The molecule has 3 rings (SSSR count). The average molecular weight is 470 g/mol. The number of halogens is 1. The van der Waals surface area contributed by atoms with Crippen LogP contribution >= 0.6 is 0 Å². The maximum Gasteiger partial charge on any atom is 0.213 e. The van der Waals surface area contributed by atoms with E-state index in [9.17, 15) is 0 Å². The van der Waals surface area contributed by atoms with Crippen LogP contribution in [0.4, 0.5) is 0 Å². The van der Waals surface area contributed by atoms with Gasteiger partial charge < -0.3 is 23.4 Å². The van der Waals surface area contributed by atoms with Crippen LogP contribution in [0, 0.1) is 10.2 Å². The summed E-state index contributed by atoms with van der Waals surface area (Å²) in [6.45, 7) is 1.28. The Balaban J connectivity index is 0.000000654. The fourth-order valence-electron chi connectivity index (χ4n) is 2.86. The van der Waals surface area contributed by atoms with Gasteiger partial charge in [-0.1, -0.05) is 0 Å². The second-order valence-corrected chi connectivity index (χ2v) is 7.01. The minimum atomic E-state index is -4.94. The number of ether oxygens (including phenoxy) is 4. The lowest BCUT2D eigenvalue weighted by Crippen LogP contribution is -2.77. The molecule has 0 spiro atoms. The largest absolute Gasteiger partial charge is 0.497 e. The first-order valence-corrected chi connectivity index (χ1v) is 10.5. The number of hydrogen-bond acceptors (Lipinski definition) is 9. The molecule has 0 radical (unpaired) electrons. The van der Waals surface area contributed by atoms with Crippen LogP contribution in [0.3, 0.4) is 0 Å². The van der Waals surface area contributed by atoms with E-state index in [2.05, 4.69) is 4.99 Å². The van der Waals surface area contributed by atoms with Crippen LogP contribution in [0.2, 0.25) is 0 Å². The van der Waals surface area contributed by atoms with Gasteiger partial charge >= 0.3 is 0 Å². The molecule has 0 atom stereocenters. The predicted molar refractivity (Wildman–Crippen MR) is 102 cm³/mol. The van der Waals surface area contributed by atoms with Crippen molar-refractivity contribution in [3.8, 4) is 28.6 Å². The molecule has 174 valence electrons. The van der Waals surface area contributed by atoms with Gasteiger partial charge in [-0.15, -0.1) is 10.2 Å². The second kappa shape index (κ2) is 11.7. The first-order valence-electron chi connectivity index (χ1n) is 9.22. The van der Waals surface area contributed by atoms with Gasteiger partial charge in [-0.05, 0) is 36.4 Å². The summed E-state index contributed by atoms with van der Waals surface area (Å²) >= 11 is 0. The van der Waals surface area contributed by atoms with Crippen LogP contribution in [0.15, 0.2) is 46.9 Å². The molecule has 0 fully saturated rings. The zero-order chi connectivity index (χ0) is 23.7. The van der Waals surface area contributed by atoms with Gasteiger partial charge in [0, 0.05) is 12.7 Å². The Morgan fingerprint density at radius 1 is 0.844 bits per heavy atom. The number of rotatable bonds is 7. The number of benzene rings is 2. The minimum Gasteiger partial charge on any atom is -0.497 e. The molecule has 1 heterocycles.